The van der Waals surface area contributed by atoms with Crippen LogP contribution in [0.5, 0.6) is 0 Å². The highest BCUT2D eigenvalue weighted by Crippen LogP contribution is 2.19. The molecule has 0 aliphatic rings. The summed E-state index contributed by atoms with van der Waals surface area (Å²) in [6, 6.07) is 8.37. The van der Waals surface area contributed by atoms with Crippen LogP contribution in [-0.4, -0.2) is 36.7 Å². The zero-order valence-electron chi connectivity index (χ0n) is 15.8. The van der Waals surface area contributed by atoms with Crippen molar-refractivity contribution in [3.05, 3.63) is 35.4 Å². The van der Waals surface area contributed by atoms with Crippen LogP contribution in [0.1, 0.15) is 45.2 Å². The van der Waals surface area contributed by atoms with Gasteiger partial charge in [0.2, 0.25) is 0 Å². The maximum atomic E-state index is 5.69. The van der Waals surface area contributed by atoms with Crippen LogP contribution in [-0.2, 0) is 17.9 Å². The van der Waals surface area contributed by atoms with E-state index in [2.05, 4.69) is 68.8 Å². The number of nitrogens with one attached hydrogen (secondary N) is 2. The highest BCUT2D eigenvalue weighted by molar-refractivity contribution is 7.99. The summed E-state index contributed by atoms with van der Waals surface area (Å²) in [6.45, 7) is 12.5. The Morgan fingerprint density at radius 3 is 2.50 bits per heavy atom. The highest BCUT2D eigenvalue weighted by Gasteiger charge is 2.16. The average molecular weight is 352 g/mol. The van der Waals surface area contributed by atoms with Crippen molar-refractivity contribution in [1.82, 2.24) is 10.6 Å². The summed E-state index contributed by atoms with van der Waals surface area (Å²) in [5, 5.41) is 6.76. The molecule has 1 aromatic carbocycles. The topological polar surface area (TPSA) is 45.6 Å². The van der Waals surface area contributed by atoms with Crippen LogP contribution in [0.2, 0.25) is 0 Å². The molecule has 0 unspecified atom stereocenters. The molecule has 0 spiro atoms. The van der Waals surface area contributed by atoms with Crippen molar-refractivity contribution in [3.8, 4) is 0 Å². The van der Waals surface area contributed by atoms with Crippen LogP contribution in [0.3, 0.4) is 0 Å². The van der Waals surface area contributed by atoms with Crippen LogP contribution in [0, 0.1) is 0 Å². The summed E-state index contributed by atoms with van der Waals surface area (Å²) in [5.41, 5.74) is 2.44. The molecule has 0 aromatic heterocycles. The number of hydrogen-bond acceptors (Lipinski definition) is 3. The van der Waals surface area contributed by atoms with Crippen molar-refractivity contribution in [2.45, 2.75) is 52.0 Å². The molecule has 24 heavy (non-hydrogen) atoms. The first-order valence-corrected chi connectivity index (χ1v) is 9.96. The average Bonchev–Trinajstić information content (AvgIpc) is 2.58. The van der Waals surface area contributed by atoms with Gasteiger partial charge < -0.3 is 15.4 Å². The van der Waals surface area contributed by atoms with Gasteiger partial charge in [-0.3, -0.25) is 0 Å². The maximum Gasteiger partial charge on any atom is 0.191 e. The zero-order chi connectivity index (χ0) is 17.8. The fourth-order valence-electron chi connectivity index (χ4n) is 2.05. The van der Waals surface area contributed by atoms with Crippen molar-refractivity contribution >= 4 is 17.7 Å². The molecular weight excluding hydrogens is 318 g/mol. The Labute approximate surface area is 151 Å². The zero-order valence-corrected chi connectivity index (χ0v) is 16.6. The minimum atomic E-state index is 0.183. The minimum absolute atomic E-state index is 0.183. The largest absolute Gasteiger partial charge is 0.377 e. The number of ether oxygens (including phenoxy) is 1. The molecule has 2 N–H and O–H groups in total. The monoisotopic (exact) mass is 351 g/mol. The van der Waals surface area contributed by atoms with E-state index in [9.17, 15) is 0 Å². The number of hydrogen-bond donors (Lipinski definition) is 2. The molecular formula is C19H33N3OS. The minimum Gasteiger partial charge on any atom is -0.377 e. The summed E-state index contributed by atoms with van der Waals surface area (Å²) in [5.74, 6) is 0.865. The van der Waals surface area contributed by atoms with Gasteiger partial charge in [0.1, 0.15) is 0 Å². The standard InChI is InChI=1S/C19H33N3OS/c1-6-12-23-14-17-11-9-8-10-16(17)13-21-18(20-7-2)22-15-19(3,4)24-5/h8-11H,6-7,12-15H2,1-5H3,(H2,20,21,22). The molecule has 0 radical (unpaired) electrons. The third kappa shape index (κ3) is 8.06. The normalized spacial score (nSPS) is 12.3. The van der Waals surface area contributed by atoms with Gasteiger partial charge in [-0.1, -0.05) is 31.2 Å². The van der Waals surface area contributed by atoms with E-state index < -0.39 is 0 Å². The van der Waals surface area contributed by atoms with Crippen LogP contribution >= 0.6 is 11.8 Å². The molecule has 0 saturated carbocycles. The predicted molar refractivity (Wildman–Crippen MR) is 107 cm³/mol. The summed E-state index contributed by atoms with van der Waals surface area (Å²) >= 11 is 1.85. The second kappa shape index (κ2) is 11.4. The Morgan fingerprint density at radius 1 is 1.17 bits per heavy atom. The first-order valence-electron chi connectivity index (χ1n) is 8.74. The van der Waals surface area contributed by atoms with E-state index in [0.717, 1.165) is 32.1 Å². The van der Waals surface area contributed by atoms with E-state index in [1.54, 1.807) is 0 Å². The second-order valence-corrected chi connectivity index (χ2v) is 7.85. The molecule has 136 valence electrons. The second-order valence-electron chi connectivity index (χ2n) is 6.33. The lowest BCUT2D eigenvalue weighted by Gasteiger charge is -2.23. The van der Waals surface area contributed by atoms with E-state index in [4.69, 9.17) is 9.73 Å². The Morgan fingerprint density at radius 2 is 1.88 bits per heavy atom. The number of benzene rings is 1. The van der Waals surface area contributed by atoms with Crippen molar-refractivity contribution in [2.75, 3.05) is 26.0 Å². The Balaban J connectivity index is 2.71. The van der Waals surface area contributed by atoms with Crippen LogP contribution in [0.25, 0.3) is 0 Å². The predicted octanol–water partition coefficient (Wildman–Crippen LogP) is 3.81. The molecule has 0 heterocycles. The molecule has 0 fully saturated rings. The molecule has 0 saturated heterocycles. The fourth-order valence-corrected chi connectivity index (χ4v) is 2.27. The highest BCUT2D eigenvalue weighted by atomic mass is 32.2. The van der Waals surface area contributed by atoms with Crippen LogP contribution in [0.15, 0.2) is 29.3 Å². The number of nitrogens with zero attached hydrogens (tertiary/aromatic N) is 1. The van der Waals surface area contributed by atoms with Gasteiger partial charge in [-0.15, -0.1) is 0 Å². The van der Waals surface area contributed by atoms with E-state index in [0.29, 0.717) is 13.2 Å². The van der Waals surface area contributed by atoms with E-state index in [-0.39, 0.29) is 4.75 Å². The van der Waals surface area contributed by atoms with Gasteiger partial charge in [0, 0.05) is 24.4 Å². The first-order chi connectivity index (χ1) is 11.5. The van der Waals surface area contributed by atoms with E-state index >= 15 is 0 Å². The molecule has 0 amide bonds. The lowest BCUT2D eigenvalue weighted by atomic mass is 10.1. The van der Waals surface area contributed by atoms with Crippen LogP contribution in [0.4, 0.5) is 0 Å². The van der Waals surface area contributed by atoms with Crippen molar-refractivity contribution in [1.29, 1.82) is 0 Å². The third-order valence-electron chi connectivity index (χ3n) is 3.71. The number of thioether (sulfide) groups is 1. The first kappa shape index (κ1) is 20.8. The van der Waals surface area contributed by atoms with Gasteiger partial charge in [0.25, 0.3) is 0 Å². The SMILES string of the molecule is CCCOCc1ccccc1CN=C(NCC)NCC(C)(C)SC. The number of rotatable bonds is 10. The van der Waals surface area contributed by atoms with Crippen molar-refractivity contribution in [3.63, 3.8) is 0 Å². The molecule has 1 rings (SSSR count). The lowest BCUT2D eigenvalue weighted by Crippen LogP contribution is -2.43. The molecule has 0 aliphatic heterocycles. The van der Waals surface area contributed by atoms with Gasteiger partial charge >= 0.3 is 0 Å². The molecule has 5 heteroatoms. The van der Waals surface area contributed by atoms with Crippen molar-refractivity contribution < 1.29 is 4.74 Å². The van der Waals surface area contributed by atoms with E-state index in [1.165, 1.54) is 11.1 Å². The lowest BCUT2D eigenvalue weighted by molar-refractivity contribution is 0.121. The Kier molecular flexibility index (Phi) is 9.88. The Hall–Kier alpha value is -1.20. The molecule has 0 aliphatic carbocycles. The van der Waals surface area contributed by atoms with Gasteiger partial charge in [0.05, 0.1) is 13.2 Å². The summed E-state index contributed by atoms with van der Waals surface area (Å²) in [6.07, 6.45) is 3.18. The van der Waals surface area contributed by atoms with Crippen LogP contribution < -0.4 is 10.6 Å². The van der Waals surface area contributed by atoms with Gasteiger partial charge in [-0.25, -0.2) is 4.99 Å². The Bertz CT molecular complexity index is 503. The van der Waals surface area contributed by atoms with Gasteiger partial charge in [0.15, 0.2) is 5.96 Å². The van der Waals surface area contributed by atoms with Gasteiger partial charge in [-0.05, 0) is 44.6 Å². The fraction of sp³-hybridized carbons (Fsp3) is 0.632. The smallest absolute Gasteiger partial charge is 0.191 e. The molecule has 0 bridgehead atoms. The summed E-state index contributed by atoms with van der Waals surface area (Å²) in [7, 11) is 0. The maximum absolute atomic E-state index is 5.69. The summed E-state index contributed by atoms with van der Waals surface area (Å²) < 4.78 is 5.87. The third-order valence-corrected chi connectivity index (χ3v) is 4.96. The summed E-state index contributed by atoms with van der Waals surface area (Å²) in [4.78, 5) is 4.74. The number of aliphatic imine (C=N–C) groups is 1. The quantitative estimate of drug-likeness (QED) is 0.382. The number of guanidine groups is 1. The molecule has 0 atom stereocenters. The van der Waals surface area contributed by atoms with Gasteiger partial charge in [-0.2, -0.15) is 11.8 Å². The molecule has 1 aromatic rings. The molecule has 4 nitrogen and oxygen atoms in total. The van der Waals surface area contributed by atoms with E-state index in [1.807, 2.05) is 11.8 Å². The van der Waals surface area contributed by atoms with Crippen molar-refractivity contribution in [2.24, 2.45) is 4.99 Å².